The zero-order valence-corrected chi connectivity index (χ0v) is 44.0. The fourth-order valence-electron chi connectivity index (χ4n) is 8.84. The normalized spacial score (nSPS) is 12.0. The summed E-state index contributed by atoms with van der Waals surface area (Å²) in [5.74, 6) is -0.858. The van der Waals surface area contributed by atoms with Crippen molar-refractivity contribution in [3.05, 3.63) is 12.2 Å². The van der Waals surface area contributed by atoms with Crippen molar-refractivity contribution >= 4 is 17.9 Å². The summed E-state index contributed by atoms with van der Waals surface area (Å²) < 4.78 is 16.9. The van der Waals surface area contributed by atoms with Gasteiger partial charge in [-0.05, 0) is 38.5 Å². The average Bonchev–Trinajstić information content (AvgIpc) is 3.30. The van der Waals surface area contributed by atoms with Gasteiger partial charge in [0.15, 0.2) is 6.10 Å². The van der Waals surface area contributed by atoms with Crippen LogP contribution in [-0.2, 0) is 28.6 Å². The summed E-state index contributed by atoms with van der Waals surface area (Å²) in [6, 6.07) is 0. The monoisotopic (exact) mass is 917 g/mol. The molecule has 0 aliphatic carbocycles. The second kappa shape index (κ2) is 54.8. The number of hydrogen-bond donors (Lipinski definition) is 0. The Bertz CT molecular complexity index is 1010. The van der Waals surface area contributed by atoms with Gasteiger partial charge in [0.2, 0.25) is 0 Å². The molecule has 0 bridgehead atoms. The Morgan fingerprint density at radius 1 is 0.292 bits per heavy atom. The van der Waals surface area contributed by atoms with E-state index in [1.165, 1.54) is 212 Å². The van der Waals surface area contributed by atoms with Crippen LogP contribution < -0.4 is 0 Å². The van der Waals surface area contributed by atoms with Crippen LogP contribution in [0.5, 0.6) is 0 Å². The SMILES string of the molecule is CCCC/C=C\CCCCCCC(=O)OCC(COC(=O)CCCCCCCCCCCCCCCCCCCCC)OC(=O)CCCCCCCCCCCCCCCCCCCC. The van der Waals surface area contributed by atoms with Crippen LogP contribution in [0.3, 0.4) is 0 Å². The molecule has 0 saturated carbocycles. The lowest BCUT2D eigenvalue weighted by atomic mass is 10.0. The van der Waals surface area contributed by atoms with Crippen molar-refractivity contribution in [1.29, 1.82) is 0 Å². The summed E-state index contributed by atoms with van der Waals surface area (Å²) in [6.07, 6.45) is 62.1. The van der Waals surface area contributed by atoms with Crippen LogP contribution in [0, 0.1) is 0 Å². The molecule has 0 radical (unpaired) electrons. The molecule has 1 unspecified atom stereocenters. The van der Waals surface area contributed by atoms with Crippen molar-refractivity contribution < 1.29 is 28.6 Å². The van der Waals surface area contributed by atoms with Gasteiger partial charge in [-0.1, -0.05) is 283 Å². The van der Waals surface area contributed by atoms with Crippen LogP contribution in [0.1, 0.15) is 329 Å². The second-order valence-corrected chi connectivity index (χ2v) is 19.9. The number of rotatable bonds is 54. The summed E-state index contributed by atoms with van der Waals surface area (Å²) in [6.45, 7) is 6.65. The highest BCUT2D eigenvalue weighted by Gasteiger charge is 2.19. The molecule has 0 aromatic carbocycles. The minimum Gasteiger partial charge on any atom is -0.462 e. The summed E-state index contributed by atoms with van der Waals surface area (Å²) >= 11 is 0. The number of hydrogen-bond acceptors (Lipinski definition) is 6. The van der Waals surface area contributed by atoms with Gasteiger partial charge in [0.25, 0.3) is 0 Å². The maximum atomic E-state index is 12.8. The van der Waals surface area contributed by atoms with Gasteiger partial charge < -0.3 is 14.2 Å². The van der Waals surface area contributed by atoms with Gasteiger partial charge in [0, 0.05) is 19.3 Å². The van der Waals surface area contributed by atoms with Gasteiger partial charge in [-0.3, -0.25) is 14.4 Å². The first kappa shape index (κ1) is 63.1. The van der Waals surface area contributed by atoms with E-state index in [-0.39, 0.29) is 31.1 Å². The largest absolute Gasteiger partial charge is 0.462 e. The third-order valence-corrected chi connectivity index (χ3v) is 13.3. The highest BCUT2D eigenvalue weighted by Crippen LogP contribution is 2.18. The molecule has 65 heavy (non-hydrogen) atoms. The molecule has 384 valence electrons. The molecule has 6 nitrogen and oxygen atoms in total. The highest BCUT2D eigenvalue weighted by molar-refractivity contribution is 5.71. The van der Waals surface area contributed by atoms with Crippen molar-refractivity contribution in [3.8, 4) is 0 Å². The van der Waals surface area contributed by atoms with Crippen molar-refractivity contribution in [3.63, 3.8) is 0 Å². The Balaban J connectivity index is 4.23. The van der Waals surface area contributed by atoms with E-state index in [1.807, 2.05) is 0 Å². The first-order valence-electron chi connectivity index (χ1n) is 29.2. The van der Waals surface area contributed by atoms with Gasteiger partial charge >= 0.3 is 17.9 Å². The molecule has 1 atom stereocenters. The van der Waals surface area contributed by atoms with E-state index in [4.69, 9.17) is 14.2 Å². The van der Waals surface area contributed by atoms with Crippen LogP contribution in [0.2, 0.25) is 0 Å². The molecule has 0 spiro atoms. The van der Waals surface area contributed by atoms with E-state index in [0.29, 0.717) is 19.3 Å². The number of unbranched alkanes of at least 4 members (excludes halogenated alkanes) is 41. The van der Waals surface area contributed by atoms with Crippen LogP contribution >= 0.6 is 0 Å². The Morgan fingerprint density at radius 3 is 0.815 bits per heavy atom. The van der Waals surface area contributed by atoms with Crippen LogP contribution in [0.25, 0.3) is 0 Å². The van der Waals surface area contributed by atoms with E-state index in [2.05, 4.69) is 32.9 Å². The Hall–Kier alpha value is -1.85. The first-order chi connectivity index (χ1) is 32.0. The van der Waals surface area contributed by atoms with Gasteiger partial charge in [0.05, 0.1) is 0 Å². The number of carbonyl (C=O) groups excluding carboxylic acids is 3. The number of ether oxygens (including phenoxy) is 3. The van der Waals surface area contributed by atoms with Gasteiger partial charge in [0.1, 0.15) is 13.2 Å². The minimum atomic E-state index is -0.768. The Morgan fingerprint density at radius 2 is 0.523 bits per heavy atom. The van der Waals surface area contributed by atoms with Gasteiger partial charge in [-0.25, -0.2) is 0 Å². The molecule has 6 heteroatoms. The molecule has 0 aromatic heterocycles. The molecule has 0 saturated heterocycles. The van der Waals surface area contributed by atoms with Crippen molar-refractivity contribution in [2.24, 2.45) is 0 Å². The molecular formula is C59H112O6. The summed E-state index contributed by atoms with van der Waals surface area (Å²) in [5, 5.41) is 0. The first-order valence-corrected chi connectivity index (χ1v) is 29.2. The van der Waals surface area contributed by atoms with E-state index in [9.17, 15) is 14.4 Å². The summed E-state index contributed by atoms with van der Waals surface area (Å²) in [7, 11) is 0. The molecular weight excluding hydrogens is 805 g/mol. The van der Waals surface area contributed by atoms with E-state index in [0.717, 1.165) is 77.0 Å². The van der Waals surface area contributed by atoms with Crippen LogP contribution in [0.15, 0.2) is 12.2 Å². The van der Waals surface area contributed by atoms with Crippen molar-refractivity contribution in [2.75, 3.05) is 13.2 Å². The molecule has 0 aromatic rings. The standard InChI is InChI=1S/C59H112O6/c1-4-7-10-13-16-19-22-24-26-28-30-32-33-35-37-40-43-46-49-52-58(61)64-55-56(54-63-57(60)51-48-45-42-39-21-18-15-12-9-6-3)65-59(62)53-50-47-44-41-38-36-34-31-29-27-25-23-20-17-14-11-8-5-2/h15,18,56H,4-14,16-17,19-55H2,1-3H3/b18-15-. The molecule has 0 N–H and O–H groups in total. The number of esters is 3. The molecule has 0 fully saturated rings. The highest BCUT2D eigenvalue weighted by atomic mass is 16.6. The smallest absolute Gasteiger partial charge is 0.306 e. The molecule has 0 aliphatic rings. The zero-order valence-electron chi connectivity index (χ0n) is 44.0. The van der Waals surface area contributed by atoms with Crippen molar-refractivity contribution in [2.45, 2.75) is 335 Å². The van der Waals surface area contributed by atoms with Gasteiger partial charge in [-0.15, -0.1) is 0 Å². The predicted octanol–water partition coefficient (Wildman–Crippen LogP) is 19.3. The minimum absolute atomic E-state index is 0.0676. The van der Waals surface area contributed by atoms with Gasteiger partial charge in [-0.2, -0.15) is 0 Å². The van der Waals surface area contributed by atoms with E-state index < -0.39 is 6.10 Å². The fourth-order valence-corrected chi connectivity index (χ4v) is 8.84. The second-order valence-electron chi connectivity index (χ2n) is 19.9. The topological polar surface area (TPSA) is 78.9 Å². The van der Waals surface area contributed by atoms with Crippen LogP contribution in [-0.4, -0.2) is 37.2 Å². The average molecular weight is 918 g/mol. The molecule has 0 heterocycles. The Kier molecular flexibility index (Phi) is 53.2. The van der Waals surface area contributed by atoms with Crippen molar-refractivity contribution in [1.82, 2.24) is 0 Å². The lowest BCUT2D eigenvalue weighted by Gasteiger charge is -2.18. The number of carbonyl (C=O) groups is 3. The lowest BCUT2D eigenvalue weighted by molar-refractivity contribution is -0.167. The maximum Gasteiger partial charge on any atom is 0.306 e. The number of allylic oxidation sites excluding steroid dienone is 2. The summed E-state index contributed by atoms with van der Waals surface area (Å²) in [4.78, 5) is 38.1. The molecule has 0 amide bonds. The Labute approximate surface area is 405 Å². The third kappa shape index (κ3) is 53.0. The predicted molar refractivity (Wildman–Crippen MR) is 280 cm³/mol. The van der Waals surface area contributed by atoms with E-state index >= 15 is 0 Å². The quantitative estimate of drug-likeness (QED) is 0.0262. The van der Waals surface area contributed by atoms with Crippen LogP contribution in [0.4, 0.5) is 0 Å². The third-order valence-electron chi connectivity index (χ3n) is 13.3. The lowest BCUT2D eigenvalue weighted by Crippen LogP contribution is -2.30. The van der Waals surface area contributed by atoms with E-state index in [1.54, 1.807) is 0 Å². The molecule has 0 aliphatic heterocycles. The zero-order chi connectivity index (χ0) is 47.2. The fraction of sp³-hybridized carbons (Fsp3) is 0.915. The molecule has 0 rings (SSSR count). The summed E-state index contributed by atoms with van der Waals surface area (Å²) in [5.41, 5.74) is 0. The maximum absolute atomic E-state index is 12.8.